The molecule has 2 N–H and O–H groups in total. The number of carbonyl (C=O) groups is 1. The third-order valence-electron chi connectivity index (χ3n) is 2.71. The van der Waals surface area contributed by atoms with E-state index in [-0.39, 0.29) is 20.6 Å². The lowest BCUT2D eigenvalue weighted by atomic mass is 10.3. The van der Waals surface area contributed by atoms with Crippen molar-refractivity contribution in [2.75, 3.05) is 11.9 Å². The maximum atomic E-state index is 13.0. The van der Waals surface area contributed by atoms with Crippen LogP contribution in [0.2, 0.25) is 10.0 Å². The molecule has 9 heteroatoms. The third kappa shape index (κ3) is 4.90. The molecule has 0 saturated heterocycles. The molecule has 0 aliphatic heterocycles. The van der Waals surface area contributed by atoms with E-state index in [9.17, 15) is 17.6 Å². The summed E-state index contributed by atoms with van der Waals surface area (Å²) in [6, 6.07) is 9.19. The van der Waals surface area contributed by atoms with Gasteiger partial charge in [-0.1, -0.05) is 29.3 Å². The molecule has 0 aliphatic carbocycles. The molecule has 0 radical (unpaired) electrons. The first-order chi connectivity index (χ1) is 10.8. The number of sulfonamides is 1. The zero-order valence-electron chi connectivity index (χ0n) is 11.5. The number of amides is 1. The van der Waals surface area contributed by atoms with Crippen LogP contribution in [0.4, 0.5) is 10.1 Å². The minimum Gasteiger partial charge on any atom is -0.325 e. The van der Waals surface area contributed by atoms with Crippen molar-refractivity contribution in [2.24, 2.45) is 0 Å². The molecule has 0 atom stereocenters. The molecule has 122 valence electrons. The molecule has 5 nitrogen and oxygen atoms in total. The van der Waals surface area contributed by atoms with Crippen LogP contribution in [0.1, 0.15) is 0 Å². The molecule has 0 aromatic heterocycles. The Bertz CT molecular complexity index is 844. The van der Waals surface area contributed by atoms with Crippen molar-refractivity contribution in [3.8, 4) is 0 Å². The van der Waals surface area contributed by atoms with Gasteiger partial charge in [-0.2, -0.15) is 0 Å². The summed E-state index contributed by atoms with van der Waals surface area (Å²) in [5.41, 5.74) is 0.218. The smallest absolute Gasteiger partial charge is 0.242 e. The van der Waals surface area contributed by atoms with Crippen LogP contribution in [0.15, 0.2) is 47.4 Å². The Balaban J connectivity index is 2.04. The van der Waals surface area contributed by atoms with Crippen LogP contribution in [0.25, 0.3) is 0 Å². The van der Waals surface area contributed by atoms with Gasteiger partial charge in [0.15, 0.2) is 0 Å². The SMILES string of the molecule is O=C(CNS(=O)(=O)c1cc(Cl)ccc1Cl)Nc1cccc(F)c1. The summed E-state index contributed by atoms with van der Waals surface area (Å²) < 4.78 is 39.4. The number of halogens is 3. The molecular weight excluding hydrogens is 366 g/mol. The number of nitrogens with one attached hydrogen (secondary N) is 2. The van der Waals surface area contributed by atoms with Crippen molar-refractivity contribution in [1.29, 1.82) is 0 Å². The van der Waals surface area contributed by atoms with Crippen molar-refractivity contribution in [2.45, 2.75) is 4.90 Å². The van der Waals surface area contributed by atoms with E-state index >= 15 is 0 Å². The molecule has 23 heavy (non-hydrogen) atoms. The Morgan fingerprint density at radius 2 is 1.87 bits per heavy atom. The van der Waals surface area contributed by atoms with Crippen LogP contribution in [-0.4, -0.2) is 20.9 Å². The van der Waals surface area contributed by atoms with E-state index in [1.54, 1.807) is 0 Å². The Labute approximate surface area is 142 Å². The van der Waals surface area contributed by atoms with Gasteiger partial charge in [0.05, 0.1) is 11.6 Å². The van der Waals surface area contributed by atoms with Gasteiger partial charge in [0.2, 0.25) is 15.9 Å². The fourth-order valence-corrected chi connectivity index (χ4v) is 3.44. The van der Waals surface area contributed by atoms with Gasteiger partial charge in [-0.25, -0.2) is 17.5 Å². The predicted molar refractivity (Wildman–Crippen MR) is 86.7 cm³/mol. The second kappa shape index (κ2) is 7.27. The van der Waals surface area contributed by atoms with Crippen molar-refractivity contribution in [3.63, 3.8) is 0 Å². The van der Waals surface area contributed by atoms with Gasteiger partial charge in [-0.15, -0.1) is 0 Å². The van der Waals surface area contributed by atoms with Crippen LogP contribution in [0.3, 0.4) is 0 Å². The van der Waals surface area contributed by atoms with Gasteiger partial charge < -0.3 is 5.32 Å². The second-order valence-corrected chi connectivity index (χ2v) is 7.04. The number of carbonyl (C=O) groups excluding carboxylic acids is 1. The highest BCUT2D eigenvalue weighted by Gasteiger charge is 2.19. The minimum atomic E-state index is -4.01. The lowest BCUT2D eigenvalue weighted by molar-refractivity contribution is -0.115. The average Bonchev–Trinajstić information content (AvgIpc) is 2.48. The Morgan fingerprint density at radius 1 is 1.13 bits per heavy atom. The molecule has 0 aliphatic rings. The van der Waals surface area contributed by atoms with Crippen LogP contribution in [0.5, 0.6) is 0 Å². The molecule has 0 saturated carbocycles. The molecule has 2 aromatic rings. The molecule has 0 fully saturated rings. The monoisotopic (exact) mass is 376 g/mol. The second-order valence-electron chi connectivity index (χ2n) is 4.46. The first-order valence-corrected chi connectivity index (χ1v) is 8.52. The molecule has 0 heterocycles. The highest BCUT2D eigenvalue weighted by atomic mass is 35.5. The predicted octanol–water partition coefficient (Wildman–Crippen LogP) is 3.05. The van der Waals surface area contributed by atoms with Crippen molar-refractivity contribution < 1.29 is 17.6 Å². The lowest BCUT2D eigenvalue weighted by Gasteiger charge is -2.09. The van der Waals surface area contributed by atoms with E-state index in [2.05, 4.69) is 10.0 Å². The largest absolute Gasteiger partial charge is 0.325 e. The highest BCUT2D eigenvalue weighted by molar-refractivity contribution is 7.89. The van der Waals surface area contributed by atoms with Crippen molar-refractivity contribution >= 4 is 44.8 Å². The van der Waals surface area contributed by atoms with E-state index in [0.717, 1.165) is 6.07 Å². The average molecular weight is 377 g/mol. The van der Waals surface area contributed by atoms with E-state index < -0.39 is 28.3 Å². The van der Waals surface area contributed by atoms with E-state index in [0.29, 0.717) is 0 Å². The van der Waals surface area contributed by atoms with E-state index in [1.165, 1.54) is 36.4 Å². The maximum absolute atomic E-state index is 13.0. The third-order valence-corrected chi connectivity index (χ3v) is 4.83. The molecule has 0 spiro atoms. The van der Waals surface area contributed by atoms with Gasteiger partial charge in [0.25, 0.3) is 0 Å². The molecule has 2 aromatic carbocycles. The molecule has 0 unspecified atom stereocenters. The maximum Gasteiger partial charge on any atom is 0.242 e. The fourth-order valence-electron chi connectivity index (χ4n) is 1.69. The summed E-state index contributed by atoms with van der Waals surface area (Å²) in [6.07, 6.45) is 0. The van der Waals surface area contributed by atoms with Crippen LogP contribution in [0, 0.1) is 5.82 Å². The molecule has 1 amide bonds. The fraction of sp³-hybridized carbons (Fsp3) is 0.0714. The summed E-state index contributed by atoms with van der Waals surface area (Å²) >= 11 is 11.6. The van der Waals surface area contributed by atoms with Gasteiger partial charge in [0.1, 0.15) is 10.7 Å². The number of rotatable bonds is 5. The summed E-state index contributed by atoms with van der Waals surface area (Å²) in [5, 5.41) is 2.54. The highest BCUT2D eigenvalue weighted by Crippen LogP contribution is 2.24. The standard InChI is InChI=1S/C14H11Cl2FN2O3S/c15-9-4-5-12(16)13(6-9)23(21,22)18-8-14(20)19-11-3-1-2-10(17)7-11/h1-7,18H,8H2,(H,19,20). The summed E-state index contributed by atoms with van der Waals surface area (Å²) in [7, 11) is -4.01. The molecule has 2 rings (SSSR count). The van der Waals surface area contributed by atoms with Crippen LogP contribution < -0.4 is 10.0 Å². The summed E-state index contributed by atoms with van der Waals surface area (Å²) in [6.45, 7) is -0.540. The van der Waals surface area contributed by atoms with Crippen molar-refractivity contribution in [1.82, 2.24) is 4.72 Å². The zero-order chi connectivity index (χ0) is 17.0. The lowest BCUT2D eigenvalue weighted by Crippen LogP contribution is -2.33. The number of benzene rings is 2. The van der Waals surface area contributed by atoms with Gasteiger partial charge in [-0.05, 0) is 36.4 Å². The first-order valence-electron chi connectivity index (χ1n) is 6.28. The molecular formula is C14H11Cl2FN2O3S. The van der Waals surface area contributed by atoms with Gasteiger partial charge >= 0.3 is 0 Å². The number of hydrogen-bond acceptors (Lipinski definition) is 3. The number of anilines is 1. The van der Waals surface area contributed by atoms with Crippen LogP contribution in [-0.2, 0) is 14.8 Å². The zero-order valence-corrected chi connectivity index (χ0v) is 13.8. The molecule has 0 bridgehead atoms. The summed E-state index contributed by atoms with van der Waals surface area (Å²) in [5.74, 6) is -1.17. The Kier molecular flexibility index (Phi) is 5.59. The normalized spacial score (nSPS) is 11.3. The van der Waals surface area contributed by atoms with E-state index in [1.807, 2.05) is 0 Å². The quantitative estimate of drug-likeness (QED) is 0.841. The Hall–Kier alpha value is -1.67. The Morgan fingerprint density at radius 3 is 2.57 bits per heavy atom. The first kappa shape index (κ1) is 17.7. The summed E-state index contributed by atoms with van der Waals surface area (Å²) in [4.78, 5) is 11.5. The topological polar surface area (TPSA) is 75.3 Å². The number of hydrogen-bond donors (Lipinski definition) is 2. The van der Waals surface area contributed by atoms with Gasteiger partial charge in [0, 0.05) is 10.7 Å². The van der Waals surface area contributed by atoms with Crippen LogP contribution >= 0.6 is 23.2 Å². The minimum absolute atomic E-state index is 0.0209. The van der Waals surface area contributed by atoms with Crippen molar-refractivity contribution in [3.05, 3.63) is 58.3 Å². The van der Waals surface area contributed by atoms with Gasteiger partial charge in [-0.3, -0.25) is 4.79 Å². The van der Waals surface area contributed by atoms with E-state index in [4.69, 9.17) is 23.2 Å².